The van der Waals surface area contributed by atoms with Gasteiger partial charge < -0.3 is 7.65 Å². The van der Waals surface area contributed by atoms with Crippen molar-refractivity contribution in [1.29, 1.82) is 0 Å². The molecule has 0 bridgehead atoms. The van der Waals surface area contributed by atoms with Crippen LogP contribution < -0.4 is 0 Å². The number of carbonyl (C=O) groups excluding carboxylic acids is 1. The van der Waals surface area contributed by atoms with Crippen molar-refractivity contribution >= 4 is 43.5 Å². The van der Waals surface area contributed by atoms with Gasteiger partial charge in [0.05, 0.1) is 0 Å². The normalized spacial score (nSPS) is 8.50. The summed E-state index contributed by atoms with van der Waals surface area (Å²) in [6.45, 7) is 5.71. The van der Waals surface area contributed by atoms with Crippen molar-refractivity contribution in [3.8, 4) is 0 Å². The average Bonchev–Trinajstić information content (AvgIpc) is 1.27. The third-order valence-corrected chi connectivity index (χ3v) is 0.696. The van der Waals surface area contributed by atoms with Gasteiger partial charge in [0.25, 0.3) is 0 Å². The van der Waals surface area contributed by atoms with Gasteiger partial charge in [0.1, 0.15) is 5.78 Å². The third-order valence-electron chi connectivity index (χ3n) is 0.696. The van der Waals surface area contributed by atoms with Gasteiger partial charge in [0.15, 0.2) is 0 Å². The van der Waals surface area contributed by atoms with Crippen LogP contribution in [0.3, 0.4) is 0 Å². The molecule has 0 spiro atoms. The van der Waals surface area contributed by atoms with E-state index < -0.39 is 0 Å². The Kier molecular flexibility index (Phi) is 8.85. The number of Topliss-reactive ketones (excluding diaryl/α,β-unsaturated/α-hetero) is 1. The van der Waals surface area contributed by atoms with Crippen LogP contribution in [0.15, 0.2) is 0 Å². The van der Waals surface area contributed by atoms with Gasteiger partial charge in [0, 0.05) is 6.42 Å². The summed E-state index contributed by atoms with van der Waals surface area (Å²) >= 11 is 0. The summed E-state index contributed by atoms with van der Waals surface area (Å²) in [6.07, 6.45) is 0.722. The molecule has 2 heteroatoms. The first-order valence-electron chi connectivity index (χ1n) is 2.62. The van der Waals surface area contributed by atoms with E-state index in [0.717, 1.165) is 6.42 Å². The monoisotopic (exact) mass is 142 g/mol. The van der Waals surface area contributed by atoms with Gasteiger partial charge in [-0.3, -0.25) is 0 Å². The minimum absolute atomic E-state index is 0. The molecule has 0 saturated heterocycles. The van der Waals surface area contributed by atoms with Crippen molar-refractivity contribution in [3.63, 3.8) is 0 Å². The molecule has 0 atom stereocenters. The molecule has 0 radical (unpaired) electrons. The van der Waals surface area contributed by atoms with Crippen molar-refractivity contribution in [1.82, 2.24) is 0 Å². The predicted octanol–water partition coefficient (Wildman–Crippen LogP) is 1.47. The van der Waals surface area contributed by atoms with Crippen LogP contribution in [0.2, 0.25) is 0 Å². The smallest absolute Gasteiger partial charge is 1.00 e. The number of rotatable bonds is 2. The molecular formula is C6H14CaO. The molecule has 0 fully saturated rings. The summed E-state index contributed by atoms with van der Waals surface area (Å²) in [5.41, 5.74) is 0. The summed E-state index contributed by atoms with van der Waals surface area (Å²) in [6, 6.07) is 0. The molecule has 0 aliphatic carbocycles. The molecule has 0 aliphatic heterocycles. The Morgan fingerprint density at radius 3 is 2.00 bits per heavy atom. The summed E-state index contributed by atoms with van der Waals surface area (Å²) < 4.78 is 0. The van der Waals surface area contributed by atoms with Crippen molar-refractivity contribution in [2.24, 2.45) is 5.92 Å². The maximum absolute atomic E-state index is 10.3. The first-order valence-corrected chi connectivity index (χ1v) is 2.62. The van der Waals surface area contributed by atoms with Crippen LogP contribution in [-0.2, 0) is 4.79 Å². The Bertz CT molecular complexity index is 76.1. The fraction of sp³-hybridized carbons (Fsp3) is 0.833. The minimum Gasteiger partial charge on any atom is -1.00 e. The molecule has 0 unspecified atom stereocenters. The number of hydrogen-bond acceptors (Lipinski definition) is 1. The van der Waals surface area contributed by atoms with Crippen molar-refractivity contribution in [2.45, 2.75) is 27.2 Å². The zero-order chi connectivity index (χ0) is 5.86. The fourth-order valence-electron chi connectivity index (χ4n) is 0.575. The van der Waals surface area contributed by atoms with E-state index in [4.69, 9.17) is 0 Å². The molecule has 0 rings (SSSR count). The first kappa shape index (κ1) is 11.7. The molecule has 0 amide bonds. The van der Waals surface area contributed by atoms with Crippen molar-refractivity contribution < 1.29 is 7.65 Å². The Labute approximate surface area is 83.8 Å². The van der Waals surface area contributed by atoms with Crippen LogP contribution >= 0.6 is 0 Å². The van der Waals surface area contributed by atoms with Crippen molar-refractivity contribution in [2.75, 3.05) is 0 Å². The standard InChI is InChI=1S/C6H12O.Ca.2H/c1-5(2)4-6(3)7;;;/h5H,4H2,1-3H3;;;/q;+2;2*-1. The van der Waals surface area contributed by atoms with Gasteiger partial charge >= 0.3 is 37.7 Å². The Morgan fingerprint density at radius 2 is 2.00 bits per heavy atom. The Hall–Kier alpha value is 0.930. The summed E-state index contributed by atoms with van der Waals surface area (Å²) in [5.74, 6) is 0.813. The van der Waals surface area contributed by atoms with Crippen LogP contribution in [0.1, 0.15) is 30.0 Å². The third kappa shape index (κ3) is 10.0. The molecule has 8 heavy (non-hydrogen) atoms. The predicted molar refractivity (Wildman–Crippen MR) is 38.1 cm³/mol. The molecule has 0 heterocycles. The second-order valence-corrected chi connectivity index (χ2v) is 2.30. The van der Waals surface area contributed by atoms with E-state index >= 15 is 0 Å². The summed E-state index contributed by atoms with van der Waals surface area (Å²) in [5, 5.41) is 0. The van der Waals surface area contributed by atoms with Gasteiger partial charge in [-0.15, -0.1) is 0 Å². The second-order valence-electron chi connectivity index (χ2n) is 2.30. The molecular weight excluding hydrogens is 128 g/mol. The van der Waals surface area contributed by atoms with Crippen LogP contribution in [0.25, 0.3) is 0 Å². The van der Waals surface area contributed by atoms with E-state index in [1.165, 1.54) is 0 Å². The first-order chi connectivity index (χ1) is 3.13. The van der Waals surface area contributed by atoms with Gasteiger partial charge in [-0.1, -0.05) is 13.8 Å². The largest absolute Gasteiger partial charge is 2.00 e. The zero-order valence-corrected chi connectivity index (χ0v) is 8.11. The van der Waals surface area contributed by atoms with Gasteiger partial charge in [0.2, 0.25) is 0 Å². The summed E-state index contributed by atoms with van der Waals surface area (Å²) in [4.78, 5) is 10.3. The Balaban J connectivity index is -0.0000000600. The number of carbonyl (C=O) groups is 1. The quantitative estimate of drug-likeness (QED) is 0.533. The van der Waals surface area contributed by atoms with E-state index in [1.807, 2.05) is 13.8 Å². The van der Waals surface area contributed by atoms with Crippen LogP contribution in [0, 0.1) is 5.92 Å². The molecule has 0 aliphatic rings. The van der Waals surface area contributed by atoms with Crippen LogP contribution in [-0.4, -0.2) is 43.5 Å². The maximum Gasteiger partial charge on any atom is 2.00 e. The second kappa shape index (κ2) is 6.06. The molecule has 0 saturated carbocycles. The molecule has 0 N–H and O–H groups in total. The molecule has 46 valence electrons. The summed E-state index contributed by atoms with van der Waals surface area (Å²) in [7, 11) is 0. The molecule has 0 aromatic heterocycles. The SMILES string of the molecule is CC(=O)CC(C)C.[Ca+2].[H-].[H-]. The molecule has 1 nitrogen and oxygen atoms in total. The van der Waals surface area contributed by atoms with E-state index in [9.17, 15) is 4.79 Å². The minimum atomic E-state index is 0. The topological polar surface area (TPSA) is 17.1 Å². The van der Waals surface area contributed by atoms with E-state index in [0.29, 0.717) is 5.92 Å². The average molecular weight is 142 g/mol. The number of hydrogen-bond donors (Lipinski definition) is 0. The van der Waals surface area contributed by atoms with Crippen LogP contribution in [0.4, 0.5) is 0 Å². The van der Waals surface area contributed by atoms with Gasteiger partial charge in [-0.25, -0.2) is 0 Å². The maximum atomic E-state index is 10.3. The Morgan fingerprint density at radius 1 is 1.62 bits per heavy atom. The van der Waals surface area contributed by atoms with Crippen molar-refractivity contribution in [3.05, 3.63) is 0 Å². The molecule has 0 aromatic carbocycles. The molecule has 0 aromatic rings. The van der Waals surface area contributed by atoms with E-state index in [1.54, 1.807) is 6.92 Å². The van der Waals surface area contributed by atoms with E-state index in [-0.39, 0.29) is 46.4 Å². The van der Waals surface area contributed by atoms with Gasteiger partial charge in [-0.2, -0.15) is 0 Å². The van der Waals surface area contributed by atoms with Crippen LogP contribution in [0.5, 0.6) is 0 Å². The number of ketones is 1. The van der Waals surface area contributed by atoms with Gasteiger partial charge in [-0.05, 0) is 12.8 Å². The fourth-order valence-corrected chi connectivity index (χ4v) is 0.575. The van der Waals surface area contributed by atoms with E-state index in [2.05, 4.69) is 0 Å². The zero-order valence-electron chi connectivity index (χ0n) is 7.90.